The van der Waals surface area contributed by atoms with Gasteiger partial charge in [0.25, 0.3) is 15.9 Å². The molecule has 1 amide bonds. The SMILES string of the molecule is Cc1ccccc1C(=O)Nc1ccc(S(=O)(=O)Nc2ccc3ccn(CCN(C)C)c3c2)c2ccccc12. The van der Waals surface area contributed by atoms with Gasteiger partial charge in [0.1, 0.15) is 0 Å². The van der Waals surface area contributed by atoms with E-state index in [1.807, 2.05) is 75.7 Å². The molecule has 0 atom stereocenters. The fourth-order valence-corrected chi connectivity index (χ4v) is 5.85. The van der Waals surface area contributed by atoms with Crippen LogP contribution in [-0.2, 0) is 16.6 Å². The van der Waals surface area contributed by atoms with Crippen molar-refractivity contribution in [2.75, 3.05) is 30.7 Å². The summed E-state index contributed by atoms with van der Waals surface area (Å²) in [4.78, 5) is 15.2. The summed E-state index contributed by atoms with van der Waals surface area (Å²) in [5.41, 5.74) is 3.44. The standard InChI is InChI=1S/C30H30N4O3S/c1-21-8-4-5-9-24(21)30(35)31-27-14-15-29(26-11-7-6-10-25(26)27)38(36,37)32-23-13-12-22-16-17-34(28(22)20-23)19-18-33(2)3/h4-17,20,32H,18-19H2,1-3H3,(H,31,35). The van der Waals surface area contributed by atoms with Crippen LogP contribution in [0.25, 0.3) is 21.7 Å². The molecule has 8 heteroatoms. The third-order valence-corrected chi connectivity index (χ3v) is 8.07. The third kappa shape index (κ3) is 5.14. The Morgan fingerprint density at radius 1 is 0.895 bits per heavy atom. The molecule has 194 valence electrons. The van der Waals surface area contributed by atoms with Gasteiger partial charge in [-0.15, -0.1) is 0 Å². The molecule has 0 unspecified atom stereocenters. The lowest BCUT2D eigenvalue weighted by Crippen LogP contribution is -2.18. The zero-order valence-corrected chi connectivity index (χ0v) is 22.4. The second-order valence-corrected chi connectivity index (χ2v) is 11.3. The van der Waals surface area contributed by atoms with E-state index in [0.29, 0.717) is 27.7 Å². The fourth-order valence-electron chi connectivity index (χ4n) is 4.59. The van der Waals surface area contributed by atoms with Crippen molar-refractivity contribution in [1.82, 2.24) is 9.47 Å². The second kappa shape index (κ2) is 10.3. The van der Waals surface area contributed by atoms with E-state index in [1.165, 1.54) is 6.07 Å². The van der Waals surface area contributed by atoms with E-state index in [2.05, 4.69) is 19.5 Å². The summed E-state index contributed by atoms with van der Waals surface area (Å²) >= 11 is 0. The van der Waals surface area contributed by atoms with Gasteiger partial charge in [-0.05, 0) is 68.4 Å². The van der Waals surface area contributed by atoms with Crippen LogP contribution in [-0.4, -0.2) is 44.4 Å². The first-order valence-corrected chi connectivity index (χ1v) is 13.9. The topological polar surface area (TPSA) is 83.4 Å². The van der Waals surface area contributed by atoms with Gasteiger partial charge in [-0.3, -0.25) is 9.52 Å². The highest BCUT2D eigenvalue weighted by molar-refractivity contribution is 7.93. The van der Waals surface area contributed by atoms with E-state index in [0.717, 1.165) is 29.6 Å². The number of hydrogen-bond donors (Lipinski definition) is 2. The number of likely N-dealkylation sites (N-methyl/N-ethyl adjacent to an activating group) is 1. The van der Waals surface area contributed by atoms with Gasteiger partial charge < -0.3 is 14.8 Å². The molecule has 0 bridgehead atoms. The Morgan fingerprint density at radius 2 is 1.63 bits per heavy atom. The minimum absolute atomic E-state index is 0.144. The van der Waals surface area contributed by atoms with Crippen LogP contribution in [0.1, 0.15) is 15.9 Å². The van der Waals surface area contributed by atoms with Gasteiger partial charge in [-0.25, -0.2) is 8.42 Å². The van der Waals surface area contributed by atoms with Crippen molar-refractivity contribution in [3.05, 3.63) is 102 Å². The molecule has 0 saturated carbocycles. The first kappa shape index (κ1) is 25.5. The maximum absolute atomic E-state index is 13.6. The highest BCUT2D eigenvalue weighted by Gasteiger charge is 2.20. The lowest BCUT2D eigenvalue weighted by Gasteiger charge is -2.15. The molecule has 0 aliphatic heterocycles. The Balaban J connectivity index is 1.47. The van der Waals surface area contributed by atoms with E-state index < -0.39 is 10.0 Å². The van der Waals surface area contributed by atoms with E-state index in [4.69, 9.17) is 0 Å². The monoisotopic (exact) mass is 526 g/mol. The van der Waals surface area contributed by atoms with Crippen molar-refractivity contribution in [3.8, 4) is 0 Å². The first-order valence-electron chi connectivity index (χ1n) is 12.4. The van der Waals surface area contributed by atoms with Gasteiger partial charge in [-0.1, -0.05) is 48.5 Å². The molecule has 5 rings (SSSR count). The zero-order valence-electron chi connectivity index (χ0n) is 21.6. The number of fused-ring (bicyclic) bond motifs is 2. The number of benzene rings is 4. The predicted octanol–water partition coefficient (Wildman–Crippen LogP) is 5.72. The van der Waals surface area contributed by atoms with E-state index in [1.54, 1.807) is 30.3 Å². The lowest BCUT2D eigenvalue weighted by atomic mass is 10.1. The number of sulfonamides is 1. The average molecular weight is 527 g/mol. The van der Waals surface area contributed by atoms with Crippen molar-refractivity contribution < 1.29 is 13.2 Å². The van der Waals surface area contributed by atoms with E-state index >= 15 is 0 Å². The first-order chi connectivity index (χ1) is 18.2. The second-order valence-electron chi connectivity index (χ2n) is 9.62. The van der Waals surface area contributed by atoms with E-state index in [9.17, 15) is 13.2 Å². The number of aryl methyl sites for hydroxylation is 1. The number of amides is 1. The van der Waals surface area contributed by atoms with Crippen LogP contribution in [0.5, 0.6) is 0 Å². The Kier molecular flexibility index (Phi) is 6.93. The summed E-state index contributed by atoms with van der Waals surface area (Å²) in [7, 11) is 0.131. The van der Waals surface area contributed by atoms with Crippen LogP contribution in [0.2, 0.25) is 0 Å². The zero-order chi connectivity index (χ0) is 26.9. The van der Waals surface area contributed by atoms with Crippen LogP contribution in [0.4, 0.5) is 11.4 Å². The summed E-state index contributed by atoms with van der Waals surface area (Å²) in [5, 5.41) is 5.17. The van der Waals surface area contributed by atoms with Crippen molar-refractivity contribution in [1.29, 1.82) is 0 Å². The predicted molar refractivity (Wildman–Crippen MR) is 154 cm³/mol. The third-order valence-electron chi connectivity index (χ3n) is 6.63. The number of nitrogens with one attached hydrogen (secondary N) is 2. The molecule has 1 aromatic heterocycles. The normalized spacial score (nSPS) is 11.8. The molecule has 0 aliphatic rings. The van der Waals surface area contributed by atoms with Crippen molar-refractivity contribution in [2.45, 2.75) is 18.4 Å². The van der Waals surface area contributed by atoms with Gasteiger partial charge in [-0.2, -0.15) is 0 Å². The van der Waals surface area contributed by atoms with Gasteiger partial charge in [0.15, 0.2) is 0 Å². The molecule has 0 aliphatic carbocycles. The molecular weight excluding hydrogens is 496 g/mol. The number of carbonyl (C=O) groups is 1. The molecule has 0 fully saturated rings. The molecule has 38 heavy (non-hydrogen) atoms. The van der Waals surface area contributed by atoms with Crippen LogP contribution in [0.15, 0.2) is 96.0 Å². The van der Waals surface area contributed by atoms with Crippen molar-refractivity contribution in [2.24, 2.45) is 0 Å². The van der Waals surface area contributed by atoms with Crippen LogP contribution < -0.4 is 10.0 Å². The Bertz CT molecular complexity index is 1760. The smallest absolute Gasteiger partial charge is 0.262 e. The van der Waals surface area contributed by atoms with Gasteiger partial charge >= 0.3 is 0 Å². The number of carbonyl (C=O) groups excluding carboxylic acids is 1. The maximum Gasteiger partial charge on any atom is 0.262 e. The van der Waals surface area contributed by atoms with Crippen LogP contribution >= 0.6 is 0 Å². The molecule has 4 aromatic carbocycles. The number of aromatic nitrogens is 1. The molecule has 0 spiro atoms. The Morgan fingerprint density at radius 3 is 2.39 bits per heavy atom. The molecule has 7 nitrogen and oxygen atoms in total. The van der Waals surface area contributed by atoms with E-state index in [-0.39, 0.29) is 10.8 Å². The van der Waals surface area contributed by atoms with Crippen LogP contribution in [0, 0.1) is 6.92 Å². The minimum atomic E-state index is -3.91. The maximum atomic E-state index is 13.6. The molecule has 5 aromatic rings. The summed E-state index contributed by atoms with van der Waals surface area (Å²) in [5.74, 6) is -0.243. The molecule has 0 radical (unpaired) electrons. The molecule has 0 saturated heterocycles. The van der Waals surface area contributed by atoms with Crippen molar-refractivity contribution in [3.63, 3.8) is 0 Å². The molecule has 1 heterocycles. The van der Waals surface area contributed by atoms with Crippen LogP contribution in [0.3, 0.4) is 0 Å². The molecular formula is C30H30N4O3S. The average Bonchev–Trinajstić information content (AvgIpc) is 3.29. The summed E-state index contributed by atoms with van der Waals surface area (Å²) in [6, 6.07) is 25.3. The van der Waals surface area contributed by atoms with Gasteiger partial charge in [0, 0.05) is 41.3 Å². The van der Waals surface area contributed by atoms with Gasteiger partial charge in [0.2, 0.25) is 0 Å². The fraction of sp³-hybridized carbons (Fsp3) is 0.167. The Hall–Kier alpha value is -4.14. The highest BCUT2D eigenvalue weighted by Crippen LogP contribution is 2.31. The Labute approximate surface area is 222 Å². The summed E-state index contributed by atoms with van der Waals surface area (Å²) in [6.45, 7) is 3.55. The number of hydrogen-bond acceptors (Lipinski definition) is 4. The quantitative estimate of drug-likeness (QED) is 0.271. The van der Waals surface area contributed by atoms with Gasteiger partial charge in [0.05, 0.1) is 16.1 Å². The lowest BCUT2D eigenvalue weighted by molar-refractivity contribution is 0.102. The highest BCUT2D eigenvalue weighted by atomic mass is 32.2. The summed E-state index contributed by atoms with van der Waals surface area (Å²) < 4.78 is 32.0. The van der Waals surface area contributed by atoms with Crippen molar-refractivity contribution >= 4 is 49.0 Å². The number of anilines is 2. The molecule has 2 N–H and O–H groups in total. The largest absolute Gasteiger partial charge is 0.346 e. The number of rotatable bonds is 8. The summed E-state index contributed by atoms with van der Waals surface area (Å²) in [6.07, 6.45) is 2.02. The number of nitrogens with zero attached hydrogens (tertiary/aromatic N) is 2. The minimum Gasteiger partial charge on any atom is -0.346 e.